The van der Waals surface area contributed by atoms with E-state index in [1.165, 1.54) is 4.90 Å². The van der Waals surface area contributed by atoms with Crippen molar-refractivity contribution in [1.29, 1.82) is 0 Å². The standard InChI is InChI=1S/C14H26F3N3O2/c1-10(2)12(22-4)9-18-13(21)20-7-5-19(6-8-20)11(3)14(15,16)17/h10-12H,5-9H2,1-4H3,(H,18,21)/t11-,12-/m0/s1. The summed E-state index contributed by atoms with van der Waals surface area (Å²) < 4.78 is 43.3. The summed E-state index contributed by atoms with van der Waals surface area (Å²) in [6.07, 6.45) is -4.30. The molecule has 0 radical (unpaired) electrons. The van der Waals surface area contributed by atoms with Gasteiger partial charge in [-0.2, -0.15) is 13.2 Å². The van der Waals surface area contributed by atoms with E-state index in [-0.39, 0.29) is 31.1 Å². The molecule has 1 rings (SSSR count). The van der Waals surface area contributed by atoms with Gasteiger partial charge in [-0.3, -0.25) is 4.90 Å². The molecule has 0 saturated carbocycles. The molecule has 2 atom stereocenters. The van der Waals surface area contributed by atoms with Crippen LogP contribution in [-0.2, 0) is 4.74 Å². The van der Waals surface area contributed by atoms with E-state index in [1.807, 2.05) is 13.8 Å². The second-order valence-electron chi connectivity index (χ2n) is 5.94. The minimum atomic E-state index is -4.23. The average Bonchev–Trinajstić information content (AvgIpc) is 2.45. The zero-order chi connectivity index (χ0) is 16.9. The first kappa shape index (κ1) is 19.0. The molecule has 0 aromatic rings. The summed E-state index contributed by atoms with van der Waals surface area (Å²) in [4.78, 5) is 14.9. The lowest BCUT2D eigenvalue weighted by Gasteiger charge is -2.38. The van der Waals surface area contributed by atoms with E-state index in [9.17, 15) is 18.0 Å². The largest absolute Gasteiger partial charge is 0.403 e. The lowest BCUT2D eigenvalue weighted by Crippen LogP contribution is -2.56. The highest BCUT2D eigenvalue weighted by Gasteiger charge is 2.41. The molecule has 1 fully saturated rings. The molecule has 0 bridgehead atoms. The van der Waals surface area contributed by atoms with Gasteiger partial charge in [-0.15, -0.1) is 0 Å². The van der Waals surface area contributed by atoms with Crippen molar-refractivity contribution in [2.24, 2.45) is 5.92 Å². The Kier molecular flexibility index (Phi) is 6.93. The number of carbonyl (C=O) groups is 1. The van der Waals surface area contributed by atoms with Crippen LogP contribution >= 0.6 is 0 Å². The van der Waals surface area contributed by atoms with Crippen molar-refractivity contribution in [3.8, 4) is 0 Å². The maximum atomic E-state index is 12.7. The van der Waals surface area contributed by atoms with Gasteiger partial charge in [0.15, 0.2) is 0 Å². The van der Waals surface area contributed by atoms with Crippen LogP contribution in [0.1, 0.15) is 20.8 Å². The molecule has 1 saturated heterocycles. The summed E-state index contributed by atoms with van der Waals surface area (Å²) in [5.74, 6) is 0.273. The van der Waals surface area contributed by atoms with Crippen LogP contribution in [0.25, 0.3) is 0 Å². The number of nitrogens with one attached hydrogen (secondary N) is 1. The SMILES string of the molecule is CO[C@@H](CNC(=O)N1CCN([C@@H](C)C(F)(F)F)CC1)C(C)C. The Morgan fingerprint density at radius 1 is 1.18 bits per heavy atom. The number of nitrogens with zero attached hydrogens (tertiary/aromatic N) is 2. The molecule has 0 aromatic carbocycles. The van der Waals surface area contributed by atoms with Gasteiger partial charge < -0.3 is 15.0 Å². The topological polar surface area (TPSA) is 44.8 Å². The summed E-state index contributed by atoms with van der Waals surface area (Å²) in [5, 5.41) is 2.78. The number of urea groups is 1. The predicted octanol–water partition coefficient (Wildman–Crippen LogP) is 1.94. The van der Waals surface area contributed by atoms with Gasteiger partial charge in [0.1, 0.15) is 6.04 Å². The molecule has 0 unspecified atom stereocenters. The molecular formula is C14H26F3N3O2. The molecule has 1 heterocycles. The highest BCUT2D eigenvalue weighted by molar-refractivity contribution is 5.74. The normalized spacial score (nSPS) is 20.1. The van der Waals surface area contributed by atoms with Crippen LogP contribution in [0.4, 0.5) is 18.0 Å². The summed E-state index contributed by atoms with van der Waals surface area (Å²) in [5.41, 5.74) is 0. The van der Waals surface area contributed by atoms with Crippen molar-refractivity contribution in [3.05, 3.63) is 0 Å². The van der Waals surface area contributed by atoms with Crippen molar-refractivity contribution in [3.63, 3.8) is 0 Å². The van der Waals surface area contributed by atoms with Crippen molar-refractivity contribution < 1.29 is 22.7 Å². The molecule has 130 valence electrons. The highest BCUT2D eigenvalue weighted by atomic mass is 19.4. The maximum absolute atomic E-state index is 12.7. The van der Waals surface area contributed by atoms with E-state index in [1.54, 1.807) is 12.0 Å². The zero-order valence-electron chi connectivity index (χ0n) is 13.6. The number of carbonyl (C=O) groups excluding carboxylic acids is 1. The molecule has 0 spiro atoms. The fourth-order valence-electron chi connectivity index (χ4n) is 2.41. The summed E-state index contributed by atoms with van der Waals surface area (Å²) in [7, 11) is 1.59. The number of hydrogen-bond donors (Lipinski definition) is 1. The first-order valence-electron chi connectivity index (χ1n) is 7.53. The van der Waals surface area contributed by atoms with Gasteiger partial charge in [0.25, 0.3) is 0 Å². The number of methoxy groups -OCH3 is 1. The fourth-order valence-corrected chi connectivity index (χ4v) is 2.41. The van der Waals surface area contributed by atoms with Crippen molar-refractivity contribution in [2.75, 3.05) is 39.8 Å². The first-order chi connectivity index (χ1) is 10.2. The van der Waals surface area contributed by atoms with Gasteiger partial charge in [-0.05, 0) is 12.8 Å². The van der Waals surface area contributed by atoms with E-state index in [2.05, 4.69) is 5.32 Å². The second-order valence-corrected chi connectivity index (χ2v) is 5.94. The highest BCUT2D eigenvalue weighted by Crippen LogP contribution is 2.25. The van der Waals surface area contributed by atoms with Crippen LogP contribution in [-0.4, -0.2) is 74.0 Å². The quantitative estimate of drug-likeness (QED) is 0.840. The van der Waals surface area contributed by atoms with E-state index in [0.717, 1.165) is 6.92 Å². The van der Waals surface area contributed by atoms with Crippen LogP contribution in [0.5, 0.6) is 0 Å². The Hall–Kier alpha value is -1.02. The Bertz CT molecular complexity index is 356. The van der Waals surface area contributed by atoms with Crippen LogP contribution in [0.3, 0.4) is 0 Å². The van der Waals surface area contributed by atoms with Gasteiger partial charge in [0, 0.05) is 39.8 Å². The predicted molar refractivity (Wildman–Crippen MR) is 77.7 cm³/mol. The number of ether oxygens (including phenoxy) is 1. The molecule has 22 heavy (non-hydrogen) atoms. The number of hydrogen-bond acceptors (Lipinski definition) is 3. The second kappa shape index (κ2) is 8.01. The van der Waals surface area contributed by atoms with Crippen molar-refractivity contribution in [1.82, 2.24) is 15.1 Å². The lowest BCUT2D eigenvalue weighted by atomic mass is 10.1. The number of piperazine rings is 1. The Morgan fingerprint density at radius 2 is 1.73 bits per heavy atom. The number of amides is 2. The molecule has 8 heteroatoms. The molecule has 2 amide bonds. The lowest BCUT2D eigenvalue weighted by molar-refractivity contribution is -0.181. The molecule has 1 N–H and O–H groups in total. The van der Waals surface area contributed by atoms with E-state index in [4.69, 9.17) is 4.74 Å². The number of alkyl halides is 3. The Balaban J connectivity index is 2.40. The summed E-state index contributed by atoms with van der Waals surface area (Å²) in [6.45, 7) is 6.60. The third-order valence-electron chi connectivity index (χ3n) is 4.12. The third kappa shape index (κ3) is 5.31. The number of halogens is 3. The number of rotatable bonds is 5. The van der Waals surface area contributed by atoms with Crippen LogP contribution in [0.2, 0.25) is 0 Å². The van der Waals surface area contributed by atoms with E-state index in [0.29, 0.717) is 19.6 Å². The zero-order valence-corrected chi connectivity index (χ0v) is 13.6. The molecule has 1 aliphatic heterocycles. The minimum Gasteiger partial charge on any atom is -0.379 e. The molecule has 0 aromatic heterocycles. The van der Waals surface area contributed by atoms with Gasteiger partial charge in [-0.25, -0.2) is 4.79 Å². The first-order valence-corrected chi connectivity index (χ1v) is 7.53. The van der Waals surface area contributed by atoms with Gasteiger partial charge in [0.2, 0.25) is 0 Å². The molecule has 1 aliphatic rings. The maximum Gasteiger partial charge on any atom is 0.403 e. The van der Waals surface area contributed by atoms with Gasteiger partial charge in [0.05, 0.1) is 6.10 Å². The van der Waals surface area contributed by atoms with Crippen molar-refractivity contribution in [2.45, 2.75) is 39.1 Å². The van der Waals surface area contributed by atoms with E-state index < -0.39 is 12.2 Å². The smallest absolute Gasteiger partial charge is 0.379 e. The minimum absolute atomic E-state index is 0.0736. The van der Waals surface area contributed by atoms with Crippen LogP contribution in [0, 0.1) is 5.92 Å². The average molecular weight is 325 g/mol. The van der Waals surface area contributed by atoms with Crippen LogP contribution in [0.15, 0.2) is 0 Å². The van der Waals surface area contributed by atoms with Crippen LogP contribution < -0.4 is 5.32 Å². The monoisotopic (exact) mass is 325 g/mol. The summed E-state index contributed by atoms with van der Waals surface area (Å²) in [6, 6.07) is -1.72. The Labute approximate surface area is 129 Å². The van der Waals surface area contributed by atoms with Gasteiger partial charge >= 0.3 is 12.2 Å². The fraction of sp³-hybridized carbons (Fsp3) is 0.929. The molecule has 0 aliphatic carbocycles. The third-order valence-corrected chi connectivity index (χ3v) is 4.12. The van der Waals surface area contributed by atoms with E-state index >= 15 is 0 Å². The summed E-state index contributed by atoms with van der Waals surface area (Å²) >= 11 is 0. The van der Waals surface area contributed by atoms with Crippen molar-refractivity contribution >= 4 is 6.03 Å². The van der Waals surface area contributed by atoms with Gasteiger partial charge in [-0.1, -0.05) is 13.8 Å². The molecular weight excluding hydrogens is 299 g/mol. The molecule has 5 nitrogen and oxygen atoms in total. The Morgan fingerprint density at radius 3 is 2.14 bits per heavy atom.